The van der Waals surface area contributed by atoms with Gasteiger partial charge in [0, 0.05) is 56.0 Å². The van der Waals surface area contributed by atoms with Crippen LogP contribution in [0.3, 0.4) is 0 Å². The smallest absolute Gasteiger partial charge is 0.191 e. The van der Waals surface area contributed by atoms with E-state index in [2.05, 4.69) is 39.7 Å². The number of halogens is 1. The number of nitrogens with one attached hydrogen (secondary N) is 2. The molecule has 1 aromatic carbocycles. The van der Waals surface area contributed by atoms with Crippen LogP contribution in [0, 0.1) is 0 Å². The van der Waals surface area contributed by atoms with E-state index in [1.54, 1.807) is 14.2 Å². The summed E-state index contributed by atoms with van der Waals surface area (Å²) < 4.78 is 11.4. The van der Waals surface area contributed by atoms with Gasteiger partial charge in [0.1, 0.15) is 17.6 Å². The topological polar surface area (TPSA) is 67.8 Å². The fraction of sp³-hybridized carbons (Fsp3) is 0.400. The normalized spacial score (nSPS) is 15.4. The Labute approximate surface area is 177 Å². The minimum Gasteiger partial charge on any atom is -0.496 e. The first-order chi connectivity index (χ1) is 12.7. The van der Waals surface area contributed by atoms with E-state index in [-0.39, 0.29) is 30.1 Å². The van der Waals surface area contributed by atoms with Gasteiger partial charge in [-0.3, -0.25) is 9.98 Å². The molecule has 1 atom stereocenters. The third-order valence-corrected chi connectivity index (χ3v) is 4.37. The molecule has 7 heteroatoms. The Bertz CT molecular complexity index is 768. The number of methoxy groups -OCH3 is 1. The van der Waals surface area contributed by atoms with Crippen molar-refractivity contribution >= 4 is 29.9 Å². The SMILES string of the molecule is CN=C(NCCc1ccccn1)NCc1cc2c(cc1OC)CC(C)O2.I. The van der Waals surface area contributed by atoms with Crippen molar-refractivity contribution < 1.29 is 9.47 Å². The number of rotatable bonds is 6. The number of nitrogens with zero attached hydrogens (tertiary/aromatic N) is 2. The van der Waals surface area contributed by atoms with E-state index in [1.807, 2.05) is 24.4 Å². The van der Waals surface area contributed by atoms with Crippen molar-refractivity contribution in [1.82, 2.24) is 15.6 Å². The molecule has 0 aliphatic carbocycles. The lowest BCUT2D eigenvalue weighted by Gasteiger charge is -2.15. The van der Waals surface area contributed by atoms with Crippen LogP contribution < -0.4 is 20.1 Å². The van der Waals surface area contributed by atoms with Crippen molar-refractivity contribution in [3.63, 3.8) is 0 Å². The highest BCUT2D eigenvalue weighted by molar-refractivity contribution is 14.0. The quantitative estimate of drug-likeness (QED) is 0.377. The molecule has 2 N–H and O–H groups in total. The first-order valence-corrected chi connectivity index (χ1v) is 8.90. The molecule has 0 saturated carbocycles. The van der Waals surface area contributed by atoms with Crippen molar-refractivity contribution in [2.45, 2.75) is 32.4 Å². The number of guanidine groups is 1. The summed E-state index contributed by atoms with van der Waals surface area (Å²) in [5, 5.41) is 6.64. The van der Waals surface area contributed by atoms with Gasteiger partial charge < -0.3 is 20.1 Å². The summed E-state index contributed by atoms with van der Waals surface area (Å²) in [7, 11) is 3.46. The highest BCUT2D eigenvalue weighted by Gasteiger charge is 2.21. The number of aromatic nitrogens is 1. The zero-order valence-corrected chi connectivity index (χ0v) is 18.3. The van der Waals surface area contributed by atoms with Crippen molar-refractivity contribution in [3.8, 4) is 11.5 Å². The number of hydrogen-bond donors (Lipinski definition) is 2. The molecule has 0 saturated heterocycles. The molecule has 6 nitrogen and oxygen atoms in total. The lowest BCUT2D eigenvalue weighted by Crippen LogP contribution is -2.38. The second-order valence-corrected chi connectivity index (χ2v) is 6.33. The van der Waals surface area contributed by atoms with Gasteiger partial charge in [0.15, 0.2) is 5.96 Å². The van der Waals surface area contributed by atoms with Gasteiger partial charge in [-0.2, -0.15) is 0 Å². The van der Waals surface area contributed by atoms with Crippen LogP contribution in [-0.4, -0.2) is 37.7 Å². The highest BCUT2D eigenvalue weighted by atomic mass is 127. The summed E-state index contributed by atoms with van der Waals surface area (Å²) in [6.45, 7) is 3.45. The highest BCUT2D eigenvalue weighted by Crippen LogP contribution is 2.34. The van der Waals surface area contributed by atoms with Crippen LogP contribution in [0.4, 0.5) is 0 Å². The average molecular weight is 482 g/mol. The van der Waals surface area contributed by atoms with E-state index in [0.717, 1.165) is 48.1 Å². The minimum absolute atomic E-state index is 0. The van der Waals surface area contributed by atoms with Crippen LogP contribution in [0.5, 0.6) is 11.5 Å². The van der Waals surface area contributed by atoms with Crippen molar-refractivity contribution in [2.75, 3.05) is 20.7 Å². The molecule has 1 aromatic heterocycles. The summed E-state index contributed by atoms with van der Waals surface area (Å²) in [5.74, 6) is 2.57. The van der Waals surface area contributed by atoms with Crippen LogP contribution in [0.1, 0.15) is 23.7 Å². The molecule has 1 unspecified atom stereocenters. The van der Waals surface area contributed by atoms with Crippen molar-refractivity contribution in [2.24, 2.45) is 4.99 Å². The molecule has 1 aliphatic heterocycles. The Hall–Kier alpha value is -2.03. The maximum Gasteiger partial charge on any atom is 0.191 e. The Balaban J connectivity index is 0.00000261. The monoisotopic (exact) mass is 482 g/mol. The summed E-state index contributed by atoms with van der Waals surface area (Å²) in [6.07, 6.45) is 3.80. The van der Waals surface area contributed by atoms with E-state index < -0.39 is 0 Å². The third-order valence-electron chi connectivity index (χ3n) is 4.37. The molecule has 0 spiro atoms. The van der Waals surface area contributed by atoms with Crippen LogP contribution in [-0.2, 0) is 19.4 Å². The maximum absolute atomic E-state index is 5.86. The maximum atomic E-state index is 5.86. The molecule has 1 aliphatic rings. The number of benzene rings is 1. The molecule has 3 rings (SSSR count). The van der Waals surface area contributed by atoms with Gasteiger partial charge in [-0.05, 0) is 31.2 Å². The van der Waals surface area contributed by atoms with Crippen LogP contribution in [0.15, 0.2) is 41.5 Å². The summed E-state index contributed by atoms with van der Waals surface area (Å²) in [5.41, 5.74) is 3.31. The summed E-state index contributed by atoms with van der Waals surface area (Å²) in [6, 6.07) is 10.1. The zero-order chi connectivity index (χ0) is 18.4. The average Bonchev–Trinajstić information content (AvgIpc) is 3.03. The van der Waals surface area contributed by atoms with E-state index in [1.165, 1.54) is 5.56 Å². The molecular weight excluding hydrogens is 455 g/mol. The molecule has 2 heterocycles. The van der Waals surface area contributed by atoms with E-state index in [4.69, 9.17) is 9.47 Å². The second-order valence-electron chi connectivity index (χ2n) is 6.33. The Morgan fingerprint density at radius 3 is 2.89 bits per heavy atom. The Morgan fingerprint density at radius 1 is 1.33 bits per heavy atom. The molecule has 146 valence electrons. The molecule has 0 bridgehead atoms. The standard InChI is InChI=1S/C20H26N4O2.HI/c1-14-10-15-11-18(25-3)16(12-19(15)26-14)13-24-20(21-2)23-9-7-17-6-4-5-8-22-17;/h4-6,8,11-12,14H,7,9-10,13H2,1-3H3,(H2,21,23,24);1H. The van der Waals surface area contributed by atoms with E-state index in [9.17, 15) is 0 Å². The van der Waals surface area contributed by atoms with Crippen molar-refractivity contribution in [3.05, 3.63) is 53.3 Å². The van der Waals surface area contributed by atoms with Gasteiger partial charge in [0.2, 0.25) is 0 Å². The van der Waals surface area contributed by atoms with Crippen molar-refractivity contribution in [1.29, 1.82) is 0 Å². The van der Waals surface area contributed by atoms with Crippen LogP contribution in [0.2, 0.25) is 0 Å². The number of ether oxygens (including phenoxy) is 2. The number of aliphatic imine (C=N–C) groups is 1. The molecule has 0 fully saturated rings. The lowest BCUT2D eigenvalue weighted by atomic mass is 10.1. The molecular formula is C20H27IN4O2. The first-order valence-electron chi connectivity index (χ1n) is 8.90. The first kappa shape index (κ1) is 21.3. The number of pyridine rings is 1. The third kappa shape index (κ3) is 5.72. The molecule has 27 heavy (non-hydrogen) atoms. The minimum atomic E-state index is 0. The largest absolute Gasteiger partial charge is 0.496 e. The predicted molar refractivity (Wildman–Crippen MR) is 118 cm³/mol. The van der Waals surface area contributed by atoms with Gasteiger partial charge in [0.05, 0.1) is 7.11 Å². The van der Waals surface area contributed by atoms with Gasteiger partial charge in [-0.15, -0.1) is 24.0 Å². The Kier molecular flexibility index (Phi) is 8.15. The molecule has 2 aromatic rings. The van der Waals surface area contributed by atoms with E-state index >= 15 is 0 Å². The Morgan fingerprint density at radius 2 is 2.19 bits per heavy atom. The molecule has 0 radical (unpaired) electrons. The summed E-state index contributed by atoms with van der Waals surface area (Å²) >= 11 is 0. The second kappa shape index (κ2) is 10.3. The fourth-order valence-corrected chi connectivity index (χ4v) is 3.06. The van der Waals surface area contributed by atoms with E-state index in [0.29, 0.717) is 6.54 Å². The zero-order valence-electron chi connectivity index (χ0n) is 16.0. The fourth-order valence-electron chi connectivity index (χ4n) is 3.06. The molecule has 0 amide bonds. The predicted octanol–water partition coefficient (Wildman–Crippen LogP) is 2.94. The lowest BCUT2D eigenvalue weighted by molar-refractivity contribution is 0.254. The van der Waals surface area contributed by atoms with Crippen LogP contribution >= 0.6 is 24.0 Å². The van der Waals surface area contributed by atoms with Crippen LogP contribution in [0.25, 0.3) is 0 Å². The van der Waals surface area contributed by atoms with Gasteiger partial charge >= 0.3 is 0 Å². The summed E-state index contributed by atoms with van der Waals surface area (Å²) in [4.78, 5) is 8.60. The van der Waals surface area contributed by atoms with Gasteiger partial charge in [-0.25, -0.2) is 0 Å². The van der Waals surface area contributed by atoms with Gasteiger partial charge in [0.25, 0.3) is 0 Å². The van der Waals surface area contributed by atoms with Gasteiger partial charge in [-0.1, -0.05) is 6.07 Å². The number of fused-ring (bicyclic) bond motifs is 1. The number of hydrogen-bond acceptors (Lipinski definition) is 4.